The lowest BCUT2D eigenvalue weighted by molar-refractivity contribution is 0.0994. The second-order valence-corrected chi connectivity index (χ2v) is 4.73. The minimum Gasteiger partial charge on any atom is -0.399 e. The van der Waals surface area contributed by atoms with Gasteiger partial charge in [-0.25, -0.2) is 0 Å². The summed E-state index contributed by atoms with van der Waals surface area (Å²) in [6, 6.07) is 12.8. The highest BCUT2D eigenvalue weighted by atomic mass is 16.2. The maximum Gasteiger partial charge on any atom is 0.260 e. The zero-order valence-corrected chi connectivity index (χ0v) is 11.8. The molecule has 0 atom stereocenters. The average Bonchev–Trinajstić information content (AvgIpc) is 2.46. The Kier molecular flexibility index (Phi) is 3.94. The fourth-order valence-electron chi connectivity index (χ4n) is 2.03. The number of carbonyl (C=O) groups is 1. The molecule has 0 bridgehead atoms. The Balaban J connectivity index is 2.27. The lowest BCUT2D eigenvalue weighted by atomic mass is 10.1. The van der Waals surface area contributed by atoms with Gasteiger partial charge in [-0.1, -0.05) is 19.1 Å². The third-order valence-electron chi connectivity index (χ3n) is 3.34. The van der Waals surface area contributed by atoms with Crippen LogP contribution in [-0.4, -0.2) is 13.0 Å². The number of nitrogens with two attached hydrogens (primary N) is 2. The first-order chi connectivity index (χ1) is 9.52. The molecule has 0 aromatic heterocycles. The van der Waals surface area contributed by atoms with Crippen LogP contribution in [0.15, 0.2) is 42.5 Å². The third-order valence-corrected chi connectivity index (χ3v) is 3.34. The van der Waals surface area contributed by atoms with Gasteiger partial charge >= 0.3 is 0 Å². The first-order valence-corrected chi connectivity index (χ1v) is 6.55. The number of carbonyl (C=O) groups excluding carboxylic acids is 1. The van der Waals surface area contributed by atoms with Crippen molar-refractivity contribution in [1.82, 2.24) is 0 Å². The molecule has 0 heterocycles. The summed E-state index contributed by atoms with van der Waals surface area (Å²) in [4.78, 5) is 14.0. The van der Waals surface area contributed by atoms with Crippen LogP contribution >= 0.6 is 0 Å². The molecule has 0 fully saturated rings. The van der Waals surface area contributed by atoms with Crippen molar-refractivity contribution < 1.29 is 4.79 Å². The van der Waals surface area contributed by atoms with Crippen molar-refractivity contribution in [1.29, 1.82) is 0 Å². The summed E-state index contributed by atoms with van der Waals surface area (Å²) in [5.74, 6) is -0.147. The van der Waals surface area contributed by atoms with Crippen molar-refractivity contribution in [2.24, 2.45) is 0 Å². The molecule has 0 aliphatic heterocycles. The highest BCUT2D eigenvalue weighted by Gasteiger charge is 2.16. The smallest absolute Gasteiger partial charge is 0.260 e. The lowest BCUT2D eigenvalue weighted by Crippen LogP contribution is -2.27. The van der Waals surface area contributed by atoms with E-state index in [1.807, 2.05) is 24.3 Å². The molecule has 2 aromatic rings. The fourth-order valence-corrected chi connectivity index (χ4v) is 2.03. The maximum atomic E-state index is 12.4. The molecule has 0 spiro atoms. The van der Waals surface area contributed by atoms with Gasteiger partial charge in [0.1, 0.15) is 0 Å². The van der Waals surface area contributed by atoms with E-state index < -0.39 is 0 Å². The summed E-state index contributed by atoms with van der Waals surface area (Å²) in [5, 5.41) is 0. The monoisotopic (exact) mass is 269 g/mol. The van der Waals surface area contributed by atoms with Crippen molar-refractivity contribution in [2.75, 3.05) is 23.4 Å². The Bertz CT molecular complexity index is 620. The van der Waals surface area contributed by atoms with Crippen molar-refractivity contribution in [3.05, 3.63) is 53.6 Å². The minimum absolute atomic E-state index is 0.147. The topological polar surface area (TPSA) is 72.3 Å². The van der Waals surface area contributed by atoms with Crippen LogP contribution in [0, 0.1) is 0 Å². The van der Waals surface area contributed by atoms with Gasteiger partial charge in [-0.3, -0.25) is 4.79 Å². The summed E-state index contributed by atoms with van der Waals surface area (Å²) in [6.07, 6.45) is 0.975. The second-order valence-electron chi connectivity index (χ2n) is 4.73. The largest absolute Gasteiger partial charge is 0.399 e. The predicted octanol–water partition coefficient (Wildman–Crippen LogP) is 2.69. The molecular formula is C16H19N3O. The summed E-state index contributed by atoms with van der Waals surface area (Å²) in [6.45, 7) is 2.10. The van der Waals surface area contributed by atoms with Gasteiger partial charge in [-0.15, -0.1) is 0 Å². The van der Waals surface area contributed by atoms with E-state index >= 15 is 0 Å². The van der Waals surface area contributed by atoms with Gasteiger partial charge in [0.2, 0.25) is 0 Å². The molecule has 4 nitrogen and oxygen atoms in total. The normalized spacial score (nSPS) is 10.3. The van der Waals surface area contributed by atoms with Crippen molar-refractivity contribution >= 4 is 23.0 Å². The molecule has 0 saturated heterocycles. The molecule has 0 unspecified atom stereocenters. The Morgan fingerprint density at radius 2 is 1.75 bits per heavy atom. The van der Waals surface area contributed by atoms with E-state index in [-0.39, 0.29) is 5.91 Å². The van der Waals surface area contributed by atoms with Gasteiger partial charge in [-0.2, -0.15) is 0 Å². The molecule has 104 valence electrons. The molecule has 2 rings (SSSR count). The molecule has 0 aliphatic rings. The van der Waals surface area contributed by atoms with E-state index in [0.29, 0.717) is 16.9 Å². The zero-order valence-electron chi connectivity index (χ0n) is 11.8. The quantitative estimate of drug-likeness (QED) is 0.841. The van der Waals surface area contributed by atoms with E-state index in [0.717, 1.165) is 12.1 Å². The van der Waals surface area contributed by atoms with Gasteiger partial charge in [0.25, 0.3) is 5.91 Å². The number of benzene rings is 2. The van der Waals surface area contributed by atoms with E-state index in [1.165, 1.54) is 5.56 Å². The van der Waals surface area contributed by atoms with Crippen LogP contribution in [0.2, 0.25) is 0 Å². The highest BCUT2D eigenvalue weighted by Crippen LogP contribution is 2.21. The molecule has 2 aromatic carbocycles. The summed E-state index contributed by atoms with van der Waals surface area (Å²) >= 11 is 0. The molecule has 0 aliphatic carbocycles. The van der Waals surface area contributed by atoms with Crippen LogP contribution in [0.4, 0.5) is 17.1 Å². The molecule has 20 heavy (non-hydrogen) atoms. The Morgan fingerprint density at radius 3 is 2.30 bits per heavy atom. The van der Waals surface area contributed by atoms with E-state index in [4.69, 9.17) is 11.5 Å². The number of nitrogens with zero attached hydrogens (tertiary/aromatic N) is 1. The highest BCUT2D eigenvalue weighted by molar-refractivity contribution is 6.09. The van der Waals surface area contributed by atoms with Crippen molar-refractivity contribution in [3.63, 3.8) is 0 Å². The van der Waals surface area contributed by atoms with Crippen LogP contribution < -0.4 is 16.4 Å². The summed E-state index contributed by atoms with van der Waals surface area (Å²) < 4.78 is 0. The first-order valence-electron chi connectivity index (χ1n) is 6.55. The summed E-state index contributed by atoms with van der Waals surface area (Å²) in [7, 11) is 1.74. The number of aryl methyl sites for hydroxylation is 1. The van der Waals surface area contributed by atoms with E-state index in [1.54, 1.807) is 30.1 Å². The van der Waals surface area contributed by atoms with Crippen molar-refractivity contribution in [3.8, 4) is 0 Å². The van der Waals surface area contributed by atoms with Gasteiger partial charge in [0.05, 0.1) is 5.56 Å². The molecular weight excluding hydrogens is 250 g/mol. The van der Waals surface area contributed by atoms with Gasteiger partial charge in [0, 0.05) is 24.1 Å². The molecule has 0 saturated carbocycles. The van der Waals surface area contributed by atoms with Crippen LogP contribution in [0.3, 0.4) is 0 Å². The van der Waals surface area contributed by atoms with Crippen LogP contribution in [-0.2, 0) is 6.42 Å². The SMILES string of the molecule is CCc1ccc(N(C)C(=O)c2ccc(N)cc2N)cc1. The number of hydrogen-bond acceptors (Lipinski definition) is 3. The Morgan fingerprint density at radius 1 is 1.10 bits per heavy atom. The number of amides is 1. The minimum atomic E-state index is -0.147. The number of anilines is 3. The van der Waals surface area contributed by atoms with Crippen LogP contribution in [0.5, 0.6) is 0 Å². The predicted molar refractivity (Wildman–Crippen MR) is 83.8 cm³/mol. The Hall–Kier alpha value is -2.49. The number of hydrogen-bond donors (Lipinski definition) is 2. The molecule has 0 radical (unpaired) electrons. The second kappa shape index (κ2) is 5.65. The first kappa shape index (κ1) is 13.9. The fraction of sp³-hybridized carbons (Fsp3) is 0.188. The van der Waals surface area contributed by atoms with Gasteiger partial charge < -0.3 is 16.4 Å². The molecule has 4 N–H and O–H groups in total. The van der Waals surface area contributed by atoms with E-state index in [9.17, 15) is 4.79 Å². The number of rotatable bonds is 3. The Labute approximate surface area is 119 Å². The number of nitrogen functional groups attached to an aromatic ring is 2. The average molecular weight is 269 g/mol. The van der Waals surface area contributed by atoms with Gasteiger partial charge in [0.15, 0.2) is 0 Å². The third kappa shape index (κ3) is 2.74. The standard InChI is InChI=1S/C16H19N3O/c1-3-11-4-7-13(8-5-11)19(2)16(20)14-9-6-12(17)10-15(14)18/h4-10H,3,17-18H2,1-2H3. The zero-order chi connectivity index (χ0) is 14.7. The van der Waals surface area contributed by atoms with Crippen molar-refractivity contribution in [2.45, 2.75) is 13.3 Å². The maximum absolute atomic E-state index is 12.4. The van der Waals surface area contributed by atoms with E-state index in [2.05, 4.69) is 6.92 Å². The lowest BCUT2D eigenvalue weighted by Gasteiger charge is -2.19. The van der Waals surface area contributed by atoms with Gasteiger partial charge in [-0.05, 0) is 42.3 Å². The summed E-state index contributed by atoms with van der Waals surface area (Å²) in [5.41, 5.74) is 15.0. The molecule has 1 amide bonds. The van der Waals surface area contributed by atoms with Crippen LogP contribution in [0.1, 0.15) is 22.8 Å². The molecule has 4 heteroatoms. The van der Waals surface area contributed by atoms with Crippen LogP contribution in [0.25, 0.3) is 0 Å².